The minimum Gasteiger partial charge on any atom is -0.340 e. The van der Waals surface area contributed by atoms with E-state index in [0.29, 0.717) is 19.1 Å². The summed E-state index contributed by atoms with van der Waals surface area (Å²) in [6.45, 7) is 1.20. The molecule has 2 rings (SSSR count). The van der Waals surface area contributed by atoms with Gasteiger partial charge in [-0.15, -0.1) is 0 Å². The van der Waals surface area contributed by atoms with Crippen LogP contribution in [0.2, 0.25) is 0 Å². The minimum absolute atomic E-state index is 0.0828. The summed E-state index contributed by atoms with van der Waals surface area (Å²) in [5.74, 6) is -2.48. The molecule has 1 aliphatic carbocycles. The van der Waals surface area contributed by atoms with Crippen molar-refractivity contribution in [2.75, 3.05) is 27.2 Å². The summed E-state index contributed by atoms with van der Waals surface area (Å²) in [6, 6.07) is 3.85. The molecular formula is C15H17F2N3O. The number of halogens is 2. The number of hydrogen-bond donors (Lipinski definition) is 0. The summed E-state index contributed by atoms with van der Waals surface area (Å²) in [6.07, 6.45) is 2.36. The van der Waals surface area contributed by atoms with Crippen LogP contribution in [0.25, 0.3) is 0 Å². The van der Waals surface area contributed by atoms with Gasteiger partial charge in [-0.3, -0.25) is 4.79 Å². The minimum atomic E-state index is -1.01. The van der Waals surface area contributed by atoms with Crippen molar-refractivity contribution in [2.45, 2.75) is 18.9 Å². The van der Waals surface area contributed by atoms with Crippen LogP contribution in [0.1, 0.15) is 28.8 Å². The van der Waals surface area contributed by atoms with Crippen molar-refractivity contribution in [1.82, 2.24) is 9.80 Å². The highest BCUT2D eigenvalue weighted by Crippen LogP contribution is 2.24. The zero-order chi connectivity index (χ0) is 15.6. The maximum atomic E-state index is 13.5. The van der Waals surface area contributed by atoms with Crippen molar-refractivity contribution < 1.29 is 13.6 Å². The van der Waals surface area contributed by atoms with Crippen molar-refractivity contribution in [3.63, 3.8) is 0 Å². The van der Waals surface area contributed by atoms with Gasteiger partial charge in [-0.25, -0.2) is 8.78 Å². The lowest BCUT2D eigenvalue weighted by Gasteiger charge is -2.22. The number of amides is 1. The number of carbonyl (C=O) groups excluding carboxylic acids is 1. The first-order chi connectivity index (χ1) is 9.93. The van der Waals surface area contributed by atoms with E-state index in [9.17, 15) is 13.6 Å². The molecular weight excluding hydrogens is 276 g/mol. The van der Waals surface area contributed by atoms with E-state index in [0.717, 1.165) is 12.1 Å². The summed E-state index contributed by atoms with van der Waals surface area (Å²) in [5.41, 5.74) is -0.747. The van der Waals surface area contributed by atoms with Crippen LogP contribution >= 0.6 is 0 Å². The summed E-state index contributed by atoms with van der Waals surface area (Å²) >= 11 is 0. The van der Waals surface area contributed by atoms with E-state index >= 15 is 0 Å². The van der Waals surface area contributed by atoms with Gasteiger partial charge in [-0.1, -0.05) is 0 Å². The van der Waals surface area contributed by atoms with Gasteiger partial charge in [0.05, 0.1) is 0 Å². The van der Waals surface area contributed by atoms with E-state index in [-0.39, 0.29) is 5.56 Å². The third-order valence-corrected chi connectivity index (χ3v) is 3.71. The Labute approximate surface area is 122 Å². The average Bonchev–Trinajstić information content (AvgIpc) is 3.27. The van der Waals surface area contributed by atoms with Crippen molar-refractivity contribution in [1.29, 1.82) is 5.26 Å². The normalized spacial score (nSPS) is 14.1. The number of benzene rings is 1. The molecule has 0 heterocycles. The van der Waals surface area contributed by atoms with E-state index in [1.54, 1.807) is 7.05 Å². The lowest BCUT2D eigenvalue weighted by Crippen LogP contribution is -2.35. The Bertz CT molecular complexity index is 570. The molecule has 21 heavy (non-hydrogen) atoms. The molecule has 0 saturated heterocycles. The SMILES string of the molecule is CN(CCN(C)C1CC1)C(=O)c1cc(F)c(C#N)c(F)c1. The van der Waals surface area contributed by atoms with E-state index in [1.165, 1.54) is 23.8 Å². The number of nitriles is 1. The zero-order valence-electron chi connectivity index (χ0n) is 12.1. The van der Waals surface area contributed by atoms with E-state index in [1.807, 2.05) is 7.05 Å². The summed E-state index contributed by atoms with van der Waals surface area (Å²) in [4.78, 5) is 15.7. The molecule has 0 aromatic heterocycles. The Kier molecular flexibility index (Phi) is 4.53. The standard InChI is InChI=1S/C15H17F2N3O/c1-19(11-3-4-11)5-6-20(2)15(21)10-7-13(16)12(9-18)14(17)8-10/h7-8,11H,3-6H2,1-2H3. The van der Waals surface area contributed by atoms with Crippen LogP contribution in [0.5, 0.6) is 0 Å². The van der Waals surface area contributed by atoms with Crippen LogP contribution in [0.3, 0.4) is 0 Å². The van der Waals surface area contributed by atoms with Crippen molar-refractivity contribution in [3.05, 3.63) is 34.9 Å². The van der Waals surface area contributed by atoms with E-state index < -0.39 is 23.1 Å². The van der Waals surface area contributed by atoms with Gasteiger partial charge in [0.1, 0.15) is 23.3 Å². The van der Waals surface area contributed by atoms with Crippen LogP contribution in [0, 0.1) is 23.0 Å². The van der Waals surface area contributed by atoms with Gasteiger partial charge in [0.15, 0.2) is 0 Å². The second-order valence-electron chi connectivity index (χ2n) is 5.37. The van der Waals surface area contributed by atoms with Crippen molar-refractivity contribution in [2.24, 2.45) is 0 Å². The van der Waals surface area contributed by atoms with Crippen molar-refractivity contribution >= 4 is 5.91 Å². The van der Waals surface area contributed by atoms with E-state index in [4.69, 9.17) is 5.26 Å². The van der Waals surface area contributed by atoms with Crippen LogP contribution < -0.4 is 0 Å². The molecule has 6 heteroatoms. The molecule has 1 aromatic carbocycles. The number of nitrogens with zero attached hydrogens (tertiary/aromatic N) is 3. The second-order valence-corrected chi connectivity index (χ2v) is 5.37. The highest BCUT2D eigenvalue weighted by molar-refractivity contribution is 5.94. The first-order valence-corrected chi connectivity index (χ1v) is 6.79. The highest BCUT2D eigenvalue weighted by Gasteiger charge is 2.26. The predicted octanol–water partition coefficient (Wildman–Crippen LogP) is 2.00. The quantitative estimate of drug-likeness (QED) is 0.834. The molecule has 0 N–H and O–H groups in total. The molecule has 1 saturated carbocycles. The maximum absolute atomic E-state index is 13.5. The van der Waals surface area contributed by atoms with Crippen molar-refractivity contribution in [3.8, 4) is 6.07 Å². The molecule has 1 amide bonds. The molecule has 0 aliphatic heterocycles. The molecule has 1 fully saturated rings. The Balaban J connectivity index is 2.03. The molecule has 4 nitrogen and oxygen atoms in total. The third-order valence-electron chi connectivity index (χ3n) is 3.71. The van der Waals surface area contributed by atoms with Gasteiger partial charge in [0.25, 0.3) is 5.91 Å². The number of rotatable bonds is 5. The van der Waals surface area contributed by atoms with Gasteiger partial charge in [-0.05, 0) is 32.0 Å². The van der Waals surface area contributed by atoms with Gasteiger partial charge < -0.3 is 9.80 Å². The van der Waals surface area contributed by atoms with Gasteiger partial charge >= 0.3 is 0 Å². The first kappa shape index (κ1) is 15.4. The van der Waals surface area contributed by atoms with Crippen LogP contribution in [0.4, 0.5) is 8.78 Å². The maximum Gasteiger partial charge on any atom is 0.253 e. The van der Waals surface area contributed by atoms with E-state index in [2.05, 4.69) is 4.90 Å². The number of hydrogen-bond acceptors (Lipinski definition) is 3. The van der Waals surface area contributed by atoms with Gasteiger partial charge in [-0.2, -0.15) is 5.26 Å². The summed E-state index contributed by atoms with van der Waals surface area (Å²) in [5, 5.41) is 8.61. The molecule has 1 aliphatic rings. The van der Waals surface area contributed by atoms with Gasteiger partial charge in [0, 0.05) is 31.7 Å². The predicted molar refractivity (Wildman–Crippen MR) is 73.7 cm³/mol. The Hall–Kier alpha value is -2.00. The number of likely N-dealkylation sites (N-methyl/N-ethyl adjacent to an activating group) is 2. The molecule has 0 spiro atoms. The monoisotopic (exact) mass is 293 g/mol. The number of carbonyl (C=O) groups is 1. The highest BCUT2D eigenvalue weighted by atomic mass is 19.1. The lowest BCUT2D eigenvalue weighted by molar-refractivity contribution is 0.0780. The lowest BCUT2D eigenvalue weighted by atomic mass is 10.1. The molecule has 1 aromatic rings. The fourth-order valence-electron chi connectivity index (χ4n) is 2.13. The molecule has 112 valence electrons. The molecule has 0 bridgehead atoms. The first-order valence-electron chi connectivity index (χ1n) is 6.79. The average molecular weight is 293 g/mol. The molecule has 0 radical (unpaired) electrons. The Morgan fingerprint density at radius 3 is 2.33 bits per heavy atom. The molecule has 0 unspecified atom stereocenters. The second kappa shape index (κ2) is 6.19. The van der Waals surface area contributed by atoms with Gasteiger partial charge in [0.2, 0.25) is 0 Å². The fraction of sp³-hybridized carbons (Fsp3) is 0.467. The van der Waals surface area contributed by atoms with Crippen LogP contribution in [-0.2, 0) is 0 Å². The topological polar surface area (TPSA) is 47.3 Å². The largest absolute Gasteiger partial charge is 0.340 e. The summed E-state index contributed by atoms with van der Waals surface area (Å²) < 4.78 is 27.0. The third kappa shape index (κ3) is 3.56. The van der Waals surface area contributed by atoms with Crippen LogP contribution in [-0.4, -0.2) is 48.9 Å². The smallest absolute Gasteiger partial charge is 0.253 e. The molecule has 0 atom stereocenters. The fourth-order valence-corrected chi connectivity index (χ4v) is 2.13. The zero-order valence-corrected chi connectivity index (χ0v) is 12.1. The Morgan fingerprint density at radius 2 is 1.86 bits per heavy atom. The summed E-state index contributed by atoms with van der Waals surface area (Å²) in [7, 11) is 3.59. The van der Waals surface area contributed by atoms with Crippen LogP contribution in [0.15, 0.2) is 12.1 Å². The Morgan fingerprint density at radius 1 is 1.29 bits per heavy atom.